The van der Waals surface area contributed by atoms with Crippen LogP contribution < -0.4 is 0 Å². The average Bonchev–Trinajstić information content (AvgIpc) is 1.73. The van der Waals surface area contributed by atoms with Crippen LogP contribution in [0.3, 0.4) is 0 Å². The summed E-state index contributed by atoms with van der Waals surface area (Å²) in [6, 6.07) is -2.83. The van der Waals surface area contributed by atoms with Crippen molar-refractivity contribution in [3.05, 3.63) is 28.3 Å². The summed E-state index contributed by atoms with van der Waals surface area (Å²) < 4.78 is 187. The Morgan fingerprint density at radius 2 is 0.732 bits per heavy atom. The third-order valence-electron chi connectivity index (χ3n) is 14.2. The first kappa shape index (κ1) is 125. The molecule has 4 aliphatic rings. The number of hydrogen-bond acceptors (Lipinski definition) is 14. The van der Waals surface area contributed by atoms with Crippen molar-refractivity contribution >= 4 is 76.6 Å². The number of halogens is 15. The first-order chi connectivity index (χ1) is 40.1. The van der Waals surface area contributed by atoms with Crippen molar-refractivity contribution in [2.24, 2.45) is 35.5 Å². The number of aliphatic hydroxyl groups excluding tert-OH is 4. The van der Waals surface area contributed by atoms with Crippen LogP contribution in [0.2, 0.25) is 42.8 Å². The molecule has 0 spiro atoms. The summed E-state index contributed by atoms with van der Waals surface area (Å²) in [5.74, 6) is 0.805. The van der Waals surface area contributed by atoms with Crippen molar-refractivity contribution in [3.8, 4) is 0 Å². The summed E-state index contributed by atoms with van der Waals surface area (Å²) in [6.45, 7) is 39.0. The van der Waals surface area contributed by atoms with E-state index < -0.39 is 104 Å². The number of carbonyl (C=O) groups excluding carboxylic acids is 2. The summed E-state index contributed by atoms with van der Waals surface area (Å²) in [6.07, 6.45) is -22.2. The molecule has 6 N–H and O–H groups in total. The maximum absolute atomic E-state index is 12.9. The number of rotatable bonds is 20. The number of hydrogen-bond donors (Lipinski definition) is 6. The molecule has 97 heavy (non-hydrogen) atoms. The van der Waals surface area contributed by atoms with E-state index in [1.807, 2.05) is 48.1 Å². The molecule has 0 aromatic heterocycles. The minimum absolute atomic E-state index is 0. The van der Waals surface area contributed by atoms with E-state index >= 15 is 0 Å². The number of alkyl halides is 12. The Bertz CT molecular complexity index is 1900. The number of ether oxygens (including phenoxy) is 2. The first-order valence-electron chi connectivity index (χ1n) is 30.0. The van der Waals surface area contributed by atoms with E-state index in [4.69, 9.17) is 85.6 Å². The summed E-state index contributed by atoms with van der Waals surface area (Å²) in [4.78, 5) is 24.6. The molecule has 0 heterocycles. The second-order valence-electron chi connectivity index (χ2n) is 24.3. The molecule has 0 aromatic rings. The van der Waals surface area contributed by atoms with Gasteiger partial charge in [-0.3, -0.25) is 9.59 Å². The van der Waals surface area contributed by atoms with Crippen molar-refractivity contribution in [2.45, 2.75) is 281 Å². The van der Waals surface area contributed by atoms with Crippen molar-refractivity contribution in [3.63, 3.8) is 0 Å². The molecular weight excluding hydrogens is 1510 g/mol. The predicted octanol–water partition coefficient (Wildman–Crippen LogP) is 18.9. The molecule has 9 atom stereocenters. The van der Waals surface area contributed by atoms with Gasteiger partial charge < -0.3 is 85.8 Å². The minimum atomic E-state index is -5.82. The van der Waals surface area contributed by atoms with Crippen LogP contribution in [0.15, 0.2) is 0 Å². The van der Waals surface area contributed by atoms with Gasteiger partial charge in [0, 0.05) is 82.3 Å². The van der Waals surface area contributed by atoms with Crippen LogP contribution >= 0.6 is 33.2 Å². The van der Waals surface area contributed by atoms with E-state index in [0.717, 1.165) is 32.1 Å². The van der Waals surface area contributed by atoms with Crippen molar-refractivity contribution in [1.82, 2.24) is 0 Å². The van der Waals surface area contributed by atoms with Gasteiger partial charge in [-0.25, -0.2) is 0 Å². The van der Waals surface area contributed by atoms with Crippen molar-refractivity contribution in [2.75, 3.05) is 46.2 Å². The molecule has 4 rings (SSSR count). The van der Waals surface area contributed by atoms with E-state index in [2.05, 4.69) is 13.5 Å². The van der Waals surface area contributed by atoms with E-state index in [-0.39, 0.29) is 193 Å². The maximum atomic E-state index is 12.9. The zero-order chi connectivity index (χ0) is 71.5. The Balaban J connectivity index is -0.000000101. The Kier molecular flexibility index (Phi) is 69.9. The summed E-state index contributed by atoms with van der Waals surface area (Å²) in [7, 11) is -8.61. The Morgan fingerprint density at radius 3 is 0.938 bits per heavy atom. The van der Waals surface area contributed by atoms with Crippen LogP contribution in [0.5, 0.6) is 0 Å². The van der Waals surface area contributed by atoms with E-state index in [0.29, 0.717) is 18.3 Å². The van der Waals surface area contributed by atoms with Gasteiger partial charge in [0.05, 0.1) is 11.8 Å². The molecule has 4 saturated carbocycles. The van der Waals surface area contributed by atoms with Crippen LogP contribution in [-0.2, 0) is 79.9 Å². The molecule has 35 heteroatoms. The number of esters is 2. The van der Waals surface area contributed by atoms with Gasteiger partial charge >= 0.3 is 73.2 Å². The molecule has 4 fully saturated rings. The largest absolute Gasteiger partial charge is 4.00 e. The van der Waals surface area contributed by atoms with Crippen LogP contribution in [-0.4, -0.2) is 167 Å². The molecule has 0 saturated heterocycles. The van der Waals surface area contributed by atoms with Gasteiger partial charge in [-0.1, -0.05) is 42.7 Å². The Labute approximate surface area is 626 Å². The van der Waals surface area contributed by atoms with E-state index in [9.17, 15) is 67.4 Å². The summed E-state index contributed by atoms with van der Waals surface area (Å²) in [5.41, 5.74) is -10.1. The number of carbonyl (C=O) groups is 2. The van der Waals surface area contributed by atoms with Crippen LogP contribution in [0.1, 0.15) is 191 Å². The average molecular weight is 1640 g/mol. The predicted molar refractivity (Wildman–Crippen MR) is 371 cm³/mol. The van der Waals surface area contributed by atoms with Crippen molar-refractivity contribution in [1.29, 1.82) is 0 Å². The van der Waals surface area contributed by atoms with Gasteiger partial charge in [0.25, 0.3) is 11.2 Å². The topological polar surface area (TPSA) is 211 Å². The minimum Gasteiger partial charge on any atom is -0.482 e. The van der Waals surface area contributed by atoms with Crippen LogP contribution in [0.4, 0.5) is 52.7 Å². The normalized spacial score (nSPS) is 20.7. The van der Waals surface area contributed by atoms with Crippen molar-refractivity contribution < 1.29 is 163 Å². The molecule has 4 bridgehead atoms. The SMILES string of the molecule is C.C.C.C.CC(C)(C)OC(=O)C1CC2CC1CC2[Si](Cl)(Cl)Cl.CCO.CCO.CCO.CCO.CCO[Si](CCCC(O)(C(F)(F)F)C(F)(F)F)(OCC)OCC.[CH2-]C.[CH2-][Si](C)(O[Si](C)(C)CCCC(O)(C(F)(F)F)C(F)(F)F)C1CC2CC1CC2C(=O)OC(C)(C)C.[CH3-].[CH3-].[Ti+4].[Ti]. The van der Waals surface area contributed by atoms with Crippen LogP contribution in [0.25, 0.3) is 0 Å². The van der Waals surface area contributed by atoms with Gasteiger partial charge in [-0.05, 0) is 202 Å². The monoisotopic (exact) mass is 1640 g/mol. The molecule has 14 nitrogen and oxygen atoms in total. The fourth-order valence-corrected chi connectivity index (χ4v) is 26.6. The molecular formula is C62H129Cl3F12O14Si4Ti2. The number of aliphatic hydroxyl groups is 6. The van der Waals surface area contributed by atoms with Gasteiger partial charge in [-0.2, -0.15) is 59.6 Å². The number of fused-ring (bicyclic) bond motifs is 4. The Hall–Kier alpha value is 0.866. The maximum Gasteiger partial charge on any atom is 4.00 e. The van der Waals surface area contributed by atoms with Gasteiger partial charge in [0.2, 0.25) is 0 Å². The zero-order valence-corrected chi connectivity index (χ0v) is 67.5. The second kappa shape index (κ2) is 54.4. The Morgan fingerprint density at radius 1 is 0.485 bits per heavy atom. The summed E-state index contributed by atoms with van der Waals surface area (Å²) in [5, 5.41) is 48.8. The standard InChI is InChI=1S/C22H37F6O4Si2.C12H19Cl3O2Si.C12H22F6O4Si.4C2H6O.C2H5.4CH4.2CH3.2Ti/c1-19(2,3)31-18(29)16-12-15-11-14(16)13-17(15)34(6,7)32-33(4,5)10-8-9-20(30,21(23,24)25)22(26,27)28;1-12(2,3)17-11(16)9-5-8-4-7(9)6-10(8)18(13,14)15;1-4-20-23(21-5-2,22-6-3)9-7-8-10(19,11(13,14)15)12(16,17)18;4*1-2-3;1-2;;;;;;;;/h14-17,30H,6,8-13H2,1-5,7H3;7-10H,4-6H2,1-3H3;19H,4-9H2,1-3H3;4*3H,2H2,1H3;1H2,2H3;4*1H4;2*1H3;;/q-1;;;;;;;-1;;;;;2*-1;;+4. The third-order valence-corrected chi connectivity index (χ3v) is 29.3. The quantitative estimate of drug-likeness (QED) is 0.0220. The van der Waals surface area contributed by atoms with Gasteiger partial charge in [0.15, 0.2) is 8.32 Å². The summed E-state index contributed by atoms with van der Waals surface area (Å²) >= 11 is 18.4. The molecule has 4 aliphatic carbocycles. The molecule has 0 aliphatic heterocycles. The van der Waals surface area contributed by atoms with Gasteiger partial charge in [0.1, 0.15) is 11.2 Å². The fourth-order valence-electron chi connectivity index (χ4n) is 11.0. The smallest absolute Gasteiger partial charge is 0.482 e. The fraction of sp³-hybridized carbons (Fsp3) is 0.903. The van der Waals surface area contributed by atoms with E-state index in [1.54, 1.807) is 68.5 Å². The second-order valence-corrected chi connectivity index (χ2v) is 44.2. The van der Waals surface area contributed by atoms with Gasteiger partial charge in [-0.15, -0.1) is 33.2 Å². The molecule has 590 valence electrons. The molecule has 0 amide bonds. The third kappa shape index (κ3) is 43.9. The molecule has 0 aromatic carbocycles. The molecule has 0 radical (unpaired) electrons. The van der Waals surface area contributed by atoms with Crippen LogP contribution in [0, 0.1) is 63.8 Å². The molecule has 9 unspecified atom stereocenters. The first-order valence-corrected chi connectivity index (χ1v) is 42.8. The van der Waals surface area contributed by atoms with E-state index in [1.165, 1.54) is 0 Å². The zero-order valence-electron chi connectivity index (χ0n) is 58.1.